The van der Waals surface area contributed by atoms with E-state index in [1.807, 2.05) is 0 Å². The van der Waals surface area contributed by atoms with E-state index < -0.39 is 15.9 Å². The molecule has 1 fully saturated rings. The number of anilines is 2. The molecule has 3 aromatic carbocycles. The zero-order chi connectivity index (χ0) is 24.1. The highest BCUT2D eigenvalue weighted by Gasteiger charge is 2.22. The van der Waals surface area contributed by atoms with Gasteiger partial charge in [-0.3, -0.25) is 14.3 Å². The van der Waals surface area contributed by atoms with Crippen molar-refractivity contribution in [1.29, 1.82) is 0 Å². The van der Waals surface area contributed by atoms with Crippen LogP contribution in [0.3, 0.4) is 0 Å². The third kappa shape index (κ3) is 5.27. The summed E-state index contributed by atoms with van der Waals surface area (Å²) in [5.41, 5.74) is 2.45. The summed E-state index contributed by atoms with van der Waals surface area (Å²) >= 11 is 0. The maximum Gasteiger partial charge on any atom is 0.261 e. The third-order valence-corrected chi connectivity index (χ3v) is 6.96. The van der Waals surface area contributed by atoms with E-state index >= 15 is 0 Å². The minimum atomic E-state index is -3.78. The molecule has 1 aliphatic heterocycles. The molecule has 34 heavy (non-hydrogen) atoms. The number of hydrogen-bond acceptors (Lipinski definition) is 5. The summed E-state index contributed by atoms with van der Waals surface area (Å²) in [4.78, 5) is 27.5. The molecule has 9 heteroatoms. The summed E-state index contributed by atoms with van der Waals surface area (Å²) in [6.45, 7) is 3.86. The van der Waals surface area contributed by atoms with E-state index in [1.165, 1.54) is 24.3 Å². The Morgan fingerprint density at radius 1 is 0.882 bits per heavy atom. The first-order valence-corrected chi connectivity index (χ1v) is 12.3. The molecule has 0 spiro atoms. The van der Waals surface area contributed by atoms with E-state index in [4.69, 9.17) is 4.74 Å². The van der Waals surface area contributed by atoms with E-state index in [0.29, 0.717) is 54.4 Å². The van der Waals surface area contributed by atoms with E-state index in [0.717, 1.165) is 0 Å². The van der Waals surface area contributed by atoms with Gasteiger partial charge in [0.15, 0.2) is 0 Å². The molecule has 0 aliphatic carbocycles. The van der Waals surface area contributed by atoms with Crippen molar-refractivity contribution >= 4 is 33.2 Å². The van der Waals surface area contributed by atoms with Gasteiger partial charge in [0.05, 0.1) is 18.1 Å². The summed E-state index contributed by atoms with van der Waals surface area (Å²) in [7, 11) is -3.78. The number of amides is 2. The Kier molecular flexibility index (Phi) is 6.95. The molecule has 0 bridgehead atoms. The van der Waals surface area contributed by atoms with Crippen LogP contribution in [0.5, 0.6) is 0 Å². The predicted molar refractivity (Wildman–Crippen MR) is 130 cm³/mol. The van der Waals surface area contributed by atoms with Crippen molar-refractivity contribution in [3.05, 3.63) is 89.5 Å². The summed E-state index contributed by atoms with van der Waals surface area (Å²) in [6.07, 6.45) is 0. The van der Waals surface area contributed by atoms with Crippen LogP contribution in [0.1, 0.15) is 26.3 Å². The number of hydrogen-bond donors (Lipinski definition) is 2. The van der Waals surface area contributed by atoms with Crippen LogP contribution in [-0.4, -0.2) is 51.4 Å². The molecule has 8 nitrogen and oxygen atoms in total. The lowest BCUT2D eigenvalue weighted by Crippen LogP contribution is -2.41. The van der Waals surface area contributed by atoms with E-state index in [9.17, 15) is 18.0 Å². The molecule has 0 unspecified atom stereocenters. The fraction of sp³-hybridized carbons (Fsp3) is 0.200. The van der Waals surface area contributed by atoms with Crippen molar-refractivity contribution in [2.75, 3.05) is 36.3 Å². The van der Waals surface area contributed by atoms with Gasteiger partial charge < -0.3 is 15.0 Å². The molecule has 0 radical (unpaired) electrons. The number of sulfonamides is 1. The molecule has 176 valence electrons. The molecular formula is C25H25N3O5S. The Morgan fingerprint density at radius 3 is 2.24 bits per heavy atom. The average Bonchev–Trinajstić information content (AvgIpc) is 2.86. The maximum atomic E-state index is 12.9. The Hall–Kier alpha value is -3.69. The summed E-state index contributed by atoms with van der Waals surface area (Å²) in [5, 5.41) is 2.82. The lowest BCUT2D eigenvalue weighted by Gasteiger charge is -2.27. The zero-order valence-electron chi connectivity index (χ0n) is 18.7. The number of rotatable bonds is 6. The van der Waals surface area contributed by atoms with Gasteiger partial charge in [-0.15, -0.1) is 0 Å². The molecule has 1 aliphatic rings. The normalized spacial score (nSPS) is 13.9. The minimum absolute atomic E-state index is 0.0437. The van der Waals surface area contributed by atoms with Crippen LogP contribution in [-0.2, 0) is 14.8 Å². The minimum Gasteiger partial charge on any atom is -0.378 e. The first-order chi connectivity index (χ1) is 16.3. The highest BCUT2D eigenvalue weighted by Crippen LogP contribution is 2.22. The van der Waals surface area contributed by atoms with Crippen LogP contribution in [0.25, 0.3) is 0 Å². The zero-order valence-corrected chi connectivity index (χ0v) is 19.5. The molecular weight excluding hydrogens is 454 g/mol. The Balaban J connectivity index is 1.47. The molecule has 0 aromatic heterocycles. The molecule has 1 saturated heterocycles. The van der Waals surface area contributed by atoms with Crippen molar-refractivity contribution in [3.63, 3.8) is 0 Å². The van der Waals surface area contributed by atoms with Gasteiger partial charge >= 0.3 is 0 Å². The van der Waals surface area contributed by atoms with Crippen LogP contribution < -0.4 is 10.0 Å². The number of nitrogens with one attached hydrogen (secondary N) is 2. The average molecular weight is 480 g/mol. The molecule has 0 atom stereocenters. The molecule has 0 saturated carbocycles. The molecule has 1 heterocycles. The second kappa shape index (κ2) is 10.1. The number of ether oxygens (including phenoxy) is 1. The Morgan fingerprint density at radius 2 is 1.56 bits per heavy atom. The van der Waals surface area contributed by atoms with Gasteiger partial charge in [-0.25, -0.2) is 8.42 Å². The highest BCUT2D eigenvalue weighted by atomic mass is 32.2. The quantitative estimate of drug-likeness (QED) is 0.563. The number of morpholine rings is 1. The van der Waals surface area contributed by atoms with Gasteiger partial charge in [-0.2, -0.15) is 0 Å². The highest BCUT2D eigenvalue weighted by molar-refractivity contribution is 7.92. The van der Waals surface area contributed by atoms with Crippen molar-refractivity contribution in [2.24, 2.45) is 0 Å². The number of nitrogens with zero attached hydrogens (tertiary/aromatic N) is 1. The predicted octanol–water partition coefficient (Wildman–Crippen LogP) is 3.52. The topological polar surface area (TPSA) is 105 Å². The Labute approximate surface area is 198 Å². The van der Waals surface area contributed by atoms with Crippen molar-refractivity contribution in [3.8, 4) is 0 Å². The standard InChI is InChI=1S/C25H25N3O5S/c1-18-22(25(30)28-14-16-33-17-15-28)8-5-9-23(18)26-24(29)19-10-12-21(13-11-19)34(31,32)27-20-6-3-2-4-7-20/h2-13,27H,14-17H2,1H3,(H,26,29). The Bertz CT molecular complexity index is 1290. The van der Waals surface area contributed by atoms with Gasteiger partial charge in [-0.1, -0.05) is 24.3 Å². The molecule has 4 rings (SSSR count). The summed E-state index contributed by atoms with van der Waals surface area (Å²) < 4.78 is 33.0. The monoisotopic (exact) mass is 479 g/mol. The van der Waals surface area contributed by atoms with Crippen molar-refractivity contribution in [1.82, 2.24) is 4.90 Å². The summed E-state index contributed by atoms with van der Waals surface area (Å²) in [5.74, 6) is -0.503. The van der Waals surface area contributed by atoms with Crippen LogP contribution in [0.4, 0.5) is 11.4 Å². The number of carbonyl (C=O) groups is 2. The fourth-order valence-electron chi connectivity index (χ4n) is 3.64. The van der Waals surface area contributed by atoms with Crippen LogP contribution >= 0.6 is 0 Å². The van der Waals surface area contributed by atoms with E-state index in [1.54, 1.807) is 60.4 Å². The van der Waals surface area contributed by atoms with E-state index in [-0.39, 0.29) is 10.8 Å². The molecule has 3 aromatic rings. The number of carbonyl (C=O) groups excluding carboxylic acids is 2. The second-order valence-electron chi connectivity index (χ2n) is 7.83. The SMILES string of the molecule is Cc1c(NC(=O)c2ccc(S(=O)(=O)Nc3ccccc3)cc2)cccc1C(=O)N1CCOCC1. The van der Waals surface area contributed by atoms with Crippen molar-refractivity contribution < 1.29 is 22.7 Å². The van der Waals surface area contributed by atoms with Crippen LogP contribution in [0, 0.1) is 6.92 Å². The van der Waals surface area contributed by atoms with Crippen LogP contribution in [0.15, 0.2) is 77.7 Å². The fourth-order valence-corrected chi connectivity index (χ4v) is 4.70. The second-order valence-corrected chi connectivity index (χ2v) is 9.52. The van der Waals surface area contributed by atoms with Gasteiger partial charge in [-0.05, 0) is 61.0 Å². The molecule has 2 amide bonds. The lowest BCUT2D eigenvalue weighted by atomic mass is 10.0. The third-order valence-electron chi connectivity index (χ3n) is 5.56. The van der Waals surface area contributed by atoms with Gasteiger partial charge in [0.25, 0.3) is 21.8 Å². The lowest BCUT2D eigenvalue weighted by molar-refractivity contribution is 0.0302. The van der Waals surface area contributed by atoms with Gasteiger partial charge in [0.1, 0.15) is 0 Å². The number of benzene rings is 3. The first-order valence-electron chi connectivity index (χ1n) is 10.8. The maximum absolute atomic E-state index is 12.9. The molecule has 2 N–H and O–H groups in total. The van der Waals surface area contributed by atoms with Gasteiger partial charge in [0.2, 0.25) is 0 Å². The van der Waals surface area contributed by atoms with E-state index in [2.05, 4.69) is 10.0 Å². The summed E-state index contributed by atoms with van der Waals surface area (Å²) in [6, 6.07) is 19.4. The van der Waals surface area contributed by atoms with Gasteiger partial charge in [0, 0.05) is 35.6 Å². The van der Waals surface area contributed by atoms with Crippen molar-refractivity contribution in [2.45, 2.75) is 11.8 Å². The smallest absolute Gasteiger partial charge is 0.261 e. The van der Waals surface area contributed by atoms with Crippen LogP contribution in [0.2, 0.25) is 0 Å². The largest absolute Gasteiger partial charge is 0.378 e. The first kappa shape index (κ1) is 23.5. The number of para-hydroxylation sites is 1.